The fourth-order valence-corrected chi connectivity index (χ4v) is 1.86. The number of benzene rings is 1. The van der Waals surface area contributed by atoms with E-state index in [1.165, 1.54) is 11.8 Å². The van der Waals surface area contributed by atoms with E-state index in [1.807, 2.05) is 24.5 Å². The van der Waals surface area contributed by atoms with Crippen LogP contribution in [0.5, 0.6) is 0 Å². The highest BCUT2D eigenvalue weighted by molar-refractivity contribution is 7.98. The van der Waals surface area contributed by atoms with Crippen molar-refractivity contribution in [1.29, 1.82) is 5.26 Å². The molecule has 1 aromatic carbocycles. The molecule has 0 fully saturated rings. The Balaban J connectivity index is 2.52. The monoisotopic (exact) mass is 242 g/mol. The third kappa shape index (κ3) is 2.55. The zero-order chi connectivity index (χ0) is 12.3. The molecule has 17 heavy (non-hydrogen) atoms. The predicted molar refractivity (Wildman–Crippen MR) is 68.4 cm³/mol. The first-order chi connectivity index (χ1) is 8.22. The normalized spacial score (nSPS) is 9.88. The van der Waals surface area contributed by atoms with Crippen LogP contribution in [0.2, 0.25) is 0 Å². The van der Waals surface area contributed by atoms with Gasteiger partial charge in [-0.2, -0.15) is 5.26 Å². The van der Waals surface area contributed by atoms with Gasteiger partial charge in [-0.1, -0.05) is 12.1 Å². The van der Waals surface area contributed by atoms with Crippen molar-refractivity contribution >= 4 is 17.7 Å². The number of anilines is 1. The molecule has 2 rings (SSSR count). The van der Waals surface area contributed by atoms with Gasteiger partial charge in [-0.3, -0.25) is 0 Å². The topological polar surface area (TPSA) is 75.6 Å². The van der Waals surface area contributed by atoms with Crippen molar-refractivity contribution in [2.45, 2.75) is 5.03 Å². The van der Waals surface area contributed by atoms with Gasteiger partial charge in [0, 0.05) is 5.56 Å². The Bertz CT molecular complexity index is 589. The summed E-state index contributed by atoms with van der Waals surface area (Å²) in [6.45, 7) is 0. The Morgan fingerprint density at radius 2 is 2.12 bits per heavy atom. The molecule has 84 valence electrons. The van der Waals surface area contributed by atoms with E-state index >= 15 is 0 Å². The highest BCUT2D eigenvalue weighted by Crippen LogP contribution is 2.23. The second-order valence-electron chi connectivity index (χ2n) is 3.35. The van der Waals surface area contributed by atoms with Crippen LogP contribution in [0.3, 0.4) is 0 Å². The van der Waals surface area contributed by atoms with E-state index in [2.05, 4.69) is 16.0 Å². The fourth-order valence-electron chi connectivity index (χ4n) is 1.44. The number of nitrogens with zero attached hydrogens (tertiary/aromatic N) is 3. The van der Waals surface area contributed by atoms with Crippen LogP contribution >= 0.6 is 11.8 Å². The molecule has 0 radical (unpaired) electrons. The Morgan fingerprint density at radius 1 is 1.29 bits per heavy atom. The van der Waals surface area contributed by atoms with Gasteiger partial charge in [-0.05, 0) is 24.5 Å². The molecule has 0 bridgehead atoms. The molecule has 1 aromatic heterocycles. The lowest BCUT2D eigenvalue weighted by Gasteiger charge is -2.04. The molecular weight excluding hydrogens is 232 g/mol. The van der Waals surface area contributed by atoms with Crippen LogP contribution in [0.4, 0.5) is 5.95 Å². The van der Waals surface area contributed by atoms with Crippen molar-refractivity contribution < 1.29 is 0 Å². The zero-order valence-electron chi connectivity index (χ0n) is 9.21. The molecule has 0 aliphatic rings. The number of aromatic nitrogens is 2. The molecule has 0 amide bonds. The minimum absolute atomic E-state index is 0.245. The molecule has 2 N–H and O–H groups in total. The van der Waals surface area contributed by atoms with Gasteiger partial charge < -0.3 is 5.73 Å². The van der Waals surface area contributed by atoms with Gasteiger partial charge in [0.1, 0.15) is 5.03 Å². The summed E-state index contributed by atoms with van der Waals surface area (Å²) in [5.74, 6) is 0.245. The summed E-state index contributed by atoms with van der Waals surface area (Å²) < 4.78 is 0. The van der Waals surface area contributed by atoms with Crippen molar-refractivity contribution in [3.8, 4) is 17.3 Å². The molecule has 5 heteroatoms. The molecule has 0 spiro atoms. The van der Waals surface area contributed by atoms with Crippen molar-refractivity contribution in [2.24, 2.45) is 0 Å². The van der Waals surface area contributed by atoms with Crippen LogP contribution in [0, 0.1) is 11.3 Å². The summed E-state index contributed by atoms with van der Waals surface area (Å²) in [7, 11) is 0. The number of hydrogen-bond acceptors (Lipinski definition) is 5. The second-order valence-corrected chi connectivity index (χ2v) is 4.17. The maximum atomic E-state index is 8.85. The number of thioether (sulfide) groups is 1. The number of nitriles is 1. The molecule has 0 saturated heterocycles. The largest absolute Gasteiger partial charge is 0.368 e. The van der Waals surface area contributed by atoms with E-state index in [4.69, 9.17) is 11.0 Å². The van der Waals surface area contributed by atoms with E-state index in [0.717, 1.165) is 16.3 Å². The average molecular weight is 242 g/mol. The number of nitrogens with two attached hydrogens (primary N) is 1. The van der Waals surface area contributed by atoms with Crippen molar-refractivity contribution in [2.75, 3.05) is 12.0 Å². The lowest BCUT2D eigenvalue weighted by Crippen LogP contribution is -1.97. The second kappa shape index (κ2) is 4.85. The Kier molecular flexibility index (Phi) is 3.26. The van der Waals surface area contributed by atoms with E-state index < -0.39 is 0 Å². The van der Waals surface area contributed by atoms with Crippen LogP contribution in [0.1, 0.15) is 5.56 Å². The zero-order valence-corrected chi connectivity index (χ0v) is 10.0. The molecular formula is C12H10N4S. The van der Waals surface area contributed by atoms with Crippen molar-refractivity contribution in [3.05, 3.63) is 35.9 Å². The SMILES string of the molecule is CSc1cc(-c2cccc(C#N)c2)nc(N)n1. The third-order valence-corrected chi connectivity index (χ3v) is 2.84. The Morgan fingerprint density at radius 3 is 2.82 bits per heavy atom. The quantitative estimate of drug-likeness (QED) is 0.646. The molecule has 4 nitrogen and oxygen atoms in total. The minimum Gasteiger partial charge on any atom is -0.368 e. The first-order valence-corrected chi connectivity index (χ1v) is 6.14. The highest BCUT2D eigenvalue weighted by atomic mass is 32.2. The van der Waals surface area contributed by atoms with E-state index in [9.17, 15) is 0 Å². The first-order valence-electron chi connectivity index (χ1n) is 4.92. The van der Waals surface area contributed by atoms with E-state index in [1.54, 1.807) is 12.1 Å². The number of nitrogen functional groups attached to an aromatic ring is 1. The van der Waals surface area contributed by atoms with Crippen molar-refractivity contribution in [1.82, 2.24) is 9.97 Å². The lowest BCUT2D eigenvalue weighted by atomic mass is 10.1. The summed E-state index contributed by atoms with van der Waals surface area (Å²) in [4.78, 5) is 8.26. The summed E-state index contributed by atoms with van der Waals surface area (Å²) in [5, 5.41) is 9.67. The lowest BCUT2D eigenvalue weighted by molar-refractivity contribution is 1.07. The van der Waals surface area contributed by atoms with Crippen LogP contribution in [0.15, 0.2) is 35.4 Å². The molecule has 0 saturated carbocycles. The summed E-state index contributed by atoms with van der Waals surface area (Å²) >= 11 is 1.51. The Hall–Kier alpha value is -2.06. The van der Waals surface area contributed by atoms with Gasteiger partial charge in [-0.25, -0.2) is 9.97 Å². The summed E-state index contributed by atoms with van der Waals surface area (Å²) in [5.41, 5.74) is 7.85. The van der Waals surface area contributed by atoms with Crippen LogP contribution < -0.4 is 5.73 Å². The predicted octanol–water partition coefficient (Wildman–Crippen LogP) is 2.32. The van der Waals surface area contributed by atoms with E-state index in [-0.39, 0.29) is 5.95 Å². The van der Waals surface area contributed by atoms with E-state index in [0.29, 0.717) is 5.56 Å². The highest BCUT2D eigenvalue weighted by Gasteiger charge is 2.05. The standard InChI is InChI=1S/C12H10N4S/c1-17-11-6-10(15-12(14)16-11)9-4-2-3-8(5-9)7-13/h2-6H,1H3,(H2,14,15,16). The summed E-state index contributed by atoms with van der Waals surface area (Å²) in [6.07, 6.45) is 1.93. The molecule has 1 heterocycles. The average Bonchev–Trinajstić information content (AvgIpc) is 2.38. The van der Waals surface area contributed by atoms with Gasteiger partial charge in [0.05, 0.1) is 17.3 Å². The van der Waals surface area contributed by atoms with Crippen LogP contribution in [-0.4, -0.2) is 16.2 Å². The minimum atomic E-state index is 0.245. The first kappa shape index (κ1) is 11.4. The van der Waals surface area contributed by atoms with Crippen LogP contribution in [-0.2, 0) is 0 Å². The van der Waals surface area contributed by atoms with Gasteiger partial charge in [0.2, 0.25) is 5.95 Å². The third-order valence-electron chi connectivity index (χ3n) is 2.22. The maximum absolute atomic E-state index is 8.85. The van der Waals surface area contributed by atoms with Gasteiger partial charge in [-0.15, -0.1) is 11.8 Å². The van der Waals surface area contributed by atoms with Crippen molar-refractivity contribution in [3.63, 3.8) is 0 Å². The van der Waals surface area contributed by atoms with Gasteiger partial charge >= 0.3 is 0 Å². The molecule has 0 aliphatic carbocycles. The maximum Gasteiger partial charge on any atom is 0.221 e. The molecule has 0 aliphatic heterocycles. The molecule has 0 atom stereocenters. The van der Waals surface area contributed by atoms with Crippen LogP contribution in [0.25, 0.3) is 11.3 Å². The molecule has 0 unspecified atom stereocenters. The number of rotatable bonds is 2. The molecule has 2 aromatic rings. The summed E-state index contributed by atoms with van der Waals surface area (Å²) in [6, 6.07) is 11.2. The number of hydrogen-bond donors (Lipinski definition) is 1. The fraction of sp³-hybridized carbons (Fsp3) is 0.0833. The smallest absolute Gasteiger partial charge is 0.221 e. The Labute approximate surface area is 104 Å². The van der Waals surface area contributed by atoms with Gasteiger partial charge in [0.15, 0.2) is 0 Å². The van der Waals surface area contributed by atoms with Gasteiger partial charge in [0.25, 0.3) is 0 Å².